The molecular formula is C15H13N3O. The van der Waals surface area contributed by atoms with Crippen molar-refractivity contribution in [2.75, 3.05) is 0 Å². The van der Waals surface area contributed by atoms with E-state index in [0.29, 0.717) is 0 Å². The Bertz CT molecular complexity index is 748. The van der Waals surface area contributed by atoms with Crippen LogP contribution in [0.25, 0.3) is 22.0 Å². The molecule has 0 radical (unpaired) electrons. The van der Waals surface area contributed by atoms with Gasteiger partial charge in [-0.1, -0.05) is 0 Å². The first kappa shape index (κ1) is 11.6. The molecule has 0 bridgehead atoms. The van der Waals surface area contributed by atoms with Crippen molar-refractivity contribution < 1.29 is 5.11 Å². The van der Waals surface area contributed by atoms with Crippen molar-refractivity contribution in [3.63, 3.8) is 0 Å². The molecule has 0 atom stereocenters. The highest BCUT2D eigenvalue weighted by atomic mass is 16.3. The summed E-state index contributed by atoms with van der Waals surface area (Å²) < 4.78 is 0. The van der Waals surface area contributed by atoms with E-state index in [4.69, 9.17) is 0 Å². The summed E-state index contributed by atoms with van der Waals surface area (Å²) in [6.07, 6.45) is 3.28. The fraction of sp³-hybridized carbons (Fsp3) is 0.133. The number of rotatable bonds is 1. The molecule has 0 aliphatic heterocycles. The Morgan fingerprint density at radius 3 is 2.42 bits per heavy atom. The average Bonchev–Trinajstić information content (AvgIpc) is 2.41. The number of hydrogen-bond donors (Lipinski definition) is 1. The minimum Gasteiger partial charge on any atom is -0.507 e. The molecule has 2 heterocycles. The maximum atomic E-state index is 9.91. The third kappa shape index (κ3) is 1.81. The van der Waals surface area contributed by atoms with Gasteiger partial charge in [0.1, 0.15) is 12.1 Å². The fourth-order valence-electron chi connectivity index (χ4n) is 2.34. The third-order valence-electron chi connectivity index (χ3n) is 3.24. The van der Waals surface area contributed by atoms with Gasteiger partial charge in [-0.05, 0) is 38.1 Å². The van der Waals surface area contributed by atoms with Crippen LogP contribution in [-0.2, 0) is 0 Å². The molecule has 1 N–H and O–H groups in total. The predicted octanol–water partition coefficient (Wildman–Crippen LogP) is 3.01. The molecule has 1 aromatic carbocycles. The molecule has 4 nitrogen and oxygen atoms in total. The van der Waals surface area contributed by atoms with Crippen LogP contribution in [0.1, 0.15) is 11.4 Å². The van der Waals surface area contributed by atoms with Crippen LogP contribution in [-0.4, -0.2) is 20.1 Å². The first-order valence-electron chi connectivity index (χ1n) is 6.04. The Labute approximate surface area is 110 Å². The van der Waals surface area contributed by atoms with Crippen LogP contribution in [0.3, 0.4) is 0 Å². The molecule has 19 heavy (non-hydrogen) atoms. The zero-order valence-corrected chi connectivity index (χ0v) is 10.8. The quantitative estimate of drug-likeness (QED) is 0.722. The van der Waals surface area contributed by atoms with Gasteiger partial charge >= 0.3 is 0 Å². The van der Waals surface area contributed by atoms with Gasteiger partial charge in [0.25, 0.3) is 0 Å². The van der Waals surface area contributed by atoms with E-state index >= 15 is 0 Å². The van der Waals surface area contributed by atoms with Crippen molar-refractivity contribution in [3.8, 4) is 16.9 Å². The maximum Gasteiger partial charge on any atom is 0.125 e. The van der Waals surface area contributed by atoms with Crippen LogP contribution in [0, 0.1) is 13.8 Å². The maximum absolute atomic E-state index is 9.91. The Kier molecular flexibility index (Phi) is 2.63. The van der Waals surface area contributed by atoms with E-state index in [1.807, 2.05) is 32.0 Å². The Morgan fingerprint density at radius 2 is 1.68 bits per heavy atom. The Morgan fingerprint density at radius 1 is 0.947 bits per heavy atom. The van der Waals surface area contributed by atoms with Crippen LogP contribution in [0.5, 0.6) is 5.75 Å². The summed E-state index contributed by atoms with van der Waals surface area (Å²) in [6, 6.07) is 7.22. The van der Waals surface area contributed by atoms with Gasteiger partial charge in [0.05, 0.1) is 5.52 Å². The first-order valence-corrected chi connectivity index (χ1v) is 6.04. The molecular weight excluding hydrogens is 238 g/mol. The zero-order chi connectivity index (χ0) is 13.4. The van der Waals surface area contributed by atoms with Gasteiger partial charge < -0.3 is 5.11 Å². The monoisotopic (exact) mass is 251 g/mol. The standard InChI is InChI=1S/C15H13N3O/c1-9-14(10(2)18-8-17-9)12-5-6-13(19)11-4-3-7-16-15(11)12/h3-8,19H,1-2H3. The van der Waals surface area contributed by atoms with Crippen LogP contribution in [0.4, 0.5) is 0 Å². The lowest BCUT2D eigenvalue weighted by Gasteiger charge is -2.11. The van der Waals surface area contributed by atoms with E-state index in [0.717, 1.165) is 33.4 Å². The van der Waals surface area contributed by atoms with E-state index in [2.05, 4.69) is 15.0 Å². The summed E-state index contributed by atoms with van der Waals surface area (Å²) in [5.41, 5.74) is 4.51. The third-order valence-corrected chi connectivity index (χ3v) is 3.24. The normalized spacial score (nSPS) is 10.8. The fourth-order valence-corrected chi connectivity index (χ4v) is 2.34. The highest BCUT2D eigenvalue weighted by molar-refractivity contribution is 5.97. The predicted molar refractivity (Wildman–Crippen MR) is 73.9 cm³/mol. The van der Waals surface area contributed by atoms with Gasteiger partial charge in [-0.3, -0.25) is 4.98 Å². The molecule has 0 aliphatic rings. The van der Waals surface area contributed by atoms with E-state index in [1.165, 1.54) is 0 Å². The summed E-state index contributed by atoms with van der Waals surface area (Å²) >= 11 is 0. The second-order valence-electron chi connectivity index (χ2n) is 4.45. The number of aromatic nitrogens is 3. The second-order valence-corrected chi connectivity index (χ2v) is 4.45. The summed E-state index contributed by atoms with van der Waals surface area (Å²) in [6.45, 7) is 3.90. The average molecular weight is 251 g/mol. The number of nitrogens with zero attached hydrogens (tertiary/aromatic N) is 3. The summed E-state index contributed by atoms with van der Waals surface area (Å²) in [7, 11) is 0. The van der Waals surface area contributed by atoms with E-state index in [-0.39, 0.29) is 5.75 Å². The molecule has 0 fully saturated rings. The van der Waals surface area contributed by atoms with Gasteiger partial charge in [-0.15, -0.1) is 0 Å². The molecule has 94 valence electrons. The summed E-state index contributed by atoms with van der Waals surface area (Å²) in [5.74, 6) is 0.235. The number of pyridine rings is 1. The van der Waals surface area contributed by atoms with Gasteiger partial charge in [0.2, 0.25) is 0 Å². The zero-order valence-electron chi connectivity index (χ0n) is 10.8. The van der Waals surface area contributed by atoms with Gasteiger partial charge in [0, 0.05) is 34.1 Å². The van der Waals surface area contributed by atoms with E-state index < -0.39 is 0 Å². The Balaban J connectivity index is 2.41. The van der Waals surface area contributed by atoms with Crippen LogP contribution in [0.15, 0.2) is 36.8 Å². The molecule has 3 aromatic rings. The topological polar surface area (TPSA) is 58.9 Å². The van der Waals surface area contributed by atoms with Crippen molar-refractivity contribution in [2.24, 2.45) is 0 Å². The lowest BCUT2D eigenvalue weighted by atomic mass is 9.99. The molecule has 0 aliphatic carbocycles. The smallest absolute Gasteiger partial charge is 0.125 e. The number of phenolic OH excluding ortho intramolecular Hbond substituents is 1. The van der Waals surface area contributed by atoms with Crippen molar-refractivity contribution >= 4 is 10.9 Å². The summed E-state index contributed by atoms with van der Waals surface area (Å²) in [4.78, 5) is 12.9. The first-order chi connectivity index (χ1) is 9.18. The number of hydrogen-bond acceptors (Lipinski definition) is 4. The molecule has 3 rings (SSSR count). The molecule has 0 saturated carbocycles. The molecule has 0 saturated heterocycles. The number of phenols is 1. The minimum absolute atomic E-state index is 0.235. The lowest BCUT2D eigenvalue weighted by Crippen LogP contribution is -1.96. The number of aryl methyl sites for hydroxylation is 2. The SMILES string of the molecule is Cc1ncnc(C)c1-c1ccc(O)c2cccnc12. The summed E-state index contributed by atoms with van der Waals surface area (Å²) in [5, 5.41) is 10.6. The van der Waals surface area contributed by atoms with E-state index in [1.54, 1.807) is 18.6 Å². The lowest BCUT2D eigenvalue weighted by molar-refractivity contribution is 0.481. The van der Waals surface area contributed by atoms with Gasteiger partial charge in [-0.2, -0.15) is 0 Å². The highest BCUT2D eigenvalue weighted by Crippen LogP contribution is 2.34. The van der Waals surface area contributed by atoms with Crippen molar-refractivity contribution in [1.82, 2.24) is 15.0 Å². The van der Waals surface area contributed by atoms with Crippen LogP contribution >= 0.6 is 0 Å². The van der Waals surface area contributed by atoms with E-state index in [9.17, 15) is 5.11 Å². The van der Waals surface area contributed by atoms with Crippen LogP contribution < -0.4 is 0 Å². The number of benzene rings is 1. The molecule has 0 spiro atoms. The highest BCUT2D eigenvalue weighted by Gasteiger charge is 2.13. The number of aromatic hydroxyl groups is 1. The van der Waals surface area contributed by atoms with Crippen LogP contribution in [0.2, 0.25) is 0 Å². The minimum atomic E-state index is 0.235. The largest absolute Gasteiger partial charge is 0.507 e. The number of fused-ring (bicyclic) bond motifs is 1. The van der Waals surface area contributed by atoms with Crippen molar-refractivity contribution in [3.05, 3.63) is 48.2 Å². The molecule has 2 aromatic heterocycles. The van der Waals surface area contributed by atoms with Crippen molar-refractivity contribution in [1.29, 1.82) is 0 Å². The molecule has 0 amide bonds. The Hall–Kier alpha value is -2.49. The molecule has 0 unspecified atom stereocenters. The van der Waals surface area contributed by atoms with Gasteiger partial charge in [0.15, 0.2) is 0 Å². The second kappa shape index (κ2) is 4.31. The molecule has 4 heteroatoms. The van der Waals surface area contributed by atoms with Crippen molar-refractivity contribution in [2.45, 2.75) is 13.8 Å². The van der Waals surface area contributed by atoms with Gasteiger partial charge in [-0.25, -0.2) is 9.97 Å².